The van der Waals surface area contributed by atoms with Crippen molar-refractivity contribution >= 4 is 17.7 Å². The number of nitrogens with zero attached hydrogens (tertiary/aromatic N) is 2. The molecular weight excluding hydrogens is 232 g/mol. The van der Waals surface area contributed by atoms with Gasteiger partial charge in [-0.05, 0) is 25.5 Å². The fraction of sp³-hybridized carbons (Fsp3) is 0.385. The quantitative estimate of drug-likeness (QED) is 0.892. The van der Waals surface area contributed by atoms with Gasteiger partial charge < -0.3 is 10.0 Å². The summed E-state index contributed by atoms with van der Waals surface area (Å²) in [6.45, 7) is 3.38. The minimum atomic E-state index is -1.02. The molecule has 1 unspecified atom stereocenters. The summed E-state index contributed by atoms with van der Waals surface area (Å²) in [5.74, 6) is -1.02. The van der Waals surface area contributed by atoms with E-state index in [1.807, 2.05) is 31.2 Å². The lowest BCUT2D eigenvalue weighted by Crippen LogP contribution is -2.46. The standard InChI is InChI=1S/C13H18N2O3/c1-9-7-5-6-8-11(9)15(4)13(18)14(3)10(2)12(16)17/h5-8,10H,1-4H3,(H,16,17). The molecule has 1 N–H and O–H groups in total. The van der Waals surface area contributed by atoms with Gasteiger partial charge >= 0.3 is 12.0 Å². The largest absolute Gasteiger partial charge is 0.480 e. The summed E-state index contributed by atoms with van der Waals surface area (Å²) in [6, 6.07) is 6.25. The molecule has 0 aliphatic carbocycles. The number of carboxylic acids is 1. The van der Waals surface area contributed by atoms with Crippen molar-refractivity contribution < 1.29 is 14.7 Å². The van der Waals surface area contributed by atoms with Crippen LogP contribution < -0.4 is 4.90 Å². The molecule has 0 radical (unpaired) electrons. The number of carboxylic acid groups (broad SMARTS) is 1. The number of urea groups is 1. The van der Waals surface area contributed by atoms with Crippen molar-refractivity contribution in [2.45, 2.75) is 19.9 Å². The van der Waals surface area contributed by atoms with E-state index in [1.165, 1.54) is 23.8 Å². The van der Waals surface area contributed by atoms with Crippen LogP contribution in [0.15, 0.2) is 24.3 Å². The fourth-order valence-electron chi connectivity index (χ4n) is 1.61. The summed E-state index contributed by atoms with van der Waals surface area (Å²) >= 11 is 0. The fourth-order valence-corrected chi connectivity index (χ4v) is 1.61. The Morgan fingerprint density at radius 1 is 1.22 bits per heavy atom. The van der Waals surface area contributed by atoms with Gasteiger partial charge in [0.2, 0.25) is 0 Å². The van der Waals surface area contributed by atoms with Gasteiger partial charge in [-0.2, -0.15) is 0 Å². The van der Waals surface area contributed by atoms with E-state index in [9.17, 15) is 9.59 Å². The summed E-state index contributed by atoms with van der Waals surface area (Å²) in [7, 11) is 3.12. The molecule has 1 atom stereocenters. The summed E-state index contributed by atoms with van der Waals surface area (Å²) in [4.78, 5) is 25.6. The van der Waals surface area contributed by atoms with Gasteiger partial charge in [0, 0.05) is 19.8 Å². The number of benzene rings is 1. The zero-order chi connectivity index (χ0) is 13.9. The second-order valence-electron chi connectivity index (χ2n) is 4.25. The van der Waals surface area contributed by atoms with Crippen molar-refractivity contribution in [2.75, 3.05) is 19.0 Å². The van der Waals surface area contributed by atoms with E-state index in [4.69, 9.17) is 5.11 Å². The highest BCUT2D eigenvalue weighted by Gasteiger charge is 2.25. The first kappa shape index (κ1) is 14.0. The normalized spacial score (nSPS) is 11.8. The average Bonchev–Trinajstić information content (AvgIpc) is 2.35. The minimum Gasteiger partial charge on any atom is -0.480 e. The molecule has 98 valence electrons. The molecule has 0 aliphatic heterocycles. The smallest absolute Gasteiger partial charge is 0.326 e. The molecule has 2 amide bonds. The number of para-hydroxylation sites is 1. The number of likely N-dealkylation sites (N-methyl/N-ethyl adjacent to an activating group) is 1. The Kier molecular flexibility index (Phi) is 4.31. The van der Waals surface area contributed by atoms with Gasteiger partial charge in [0.25, 0.3) is 0 Å². The summed E-state index contributed by atoms with van der Waals surface area (Å²) in [5, 5.41) is 8.90. The van der Waals surface area contributed by atoms with Gasteiger partial charge in [-0.15, -0.1) is 0 Å². The predicted molar refractivity (Wildman–Crippen MR) is 69.8 cm³/mol. The van der Waals surface area contributed by atoms with Crippen LogP contribution in [0, 0.1) is 6.92 Å². The molecule has 1 rings (SSSR count). The Balaban J connectivity index is 2.91. The molecular formula is C13H18N2O3. The van der Waals surface area contributed by atoms with Crippen LogP contribution in [0.25, 0.3) is 0 Å². The Morgan fingerprint density at radius 2 is 1.78 bits per heavy atom. The second kappa shape index (κ2) is 5.53. The lowest BCUT2D eigenvalue weighted by atomic mass is 10.2. The number of amides is 2. The van der Waals surface area contributed by atoms with Crippen LogP contribution in [-0.2, 0) is 4.79 Å². The number of aryl methyl sites for hydroxylation is 1. The van der Waals surface area contributed by atoms with Crippen molar-refractivity contribution in [1.82, 2.24) is 4.90 Å². The van der Waals surface area contributed by atoms with Crippen molar-refractivity contribution in [2.24, 2.45) is 0 Å². The maximum Gasteiger partial charge on any atom is 0.326 e. The third-order valence-electron chi connectivity index (χ3n) is 3.00. The lowest BCUT2D eigenvalue weighted by Gasteiger charge is -2.28. The molecule has 0 spiro atoms. The number of rotatable bonds is 3. The topological polar surface area (TPSA) is 60.9 Å². The molecule has 0 fully saturated rings. The Hall–Kier alpha value is -2.04. The number of carbonyl (C=O) groups excluding carboxylic acids is 1. The summed E-state index contributed by atoms with van der Waals surface area (Å²) in [5.41, 5.74) is 1.73. The molecule has 0 saturated heterocycles. The Morgan fingerprint density at radius 3 is 2.28 bits per heavy atom. The molecule has 0 heterocycles. The first-order chi connectivity index (χ1) is 8.36. The number of carbonyl (C=O) groups is 2. The van der Waals surface area contributed by atoms with Crippen molar-refractivity contribution in [3.8, 4) is 0 Å². The third kappa shape index (κ3) is 2.80. The van der Waals surface area contributed by atoms with E-state index in [2.05, 4.69) is 0 Å². The monoisotopic (exact) mass is 250 g/mol. The van der Waals surface area contributed by atoms with Crippen molar-refractivity contribution in [3.63, 3.8) is 0 Å². The Bertz CT molecular complexity index is 459. The second-order valence-corrected chi connectivity index (χ2v) is 4.25. The van der Waals surface area contributed by atoms with Crippen LogP contribution in [0.4, 0.5) is 10.5 Å². The highest BCUT2D eigenvalue weighted by Crippen LogP contribution is 2.19. The van der Waals surface area contributed by atoms with E-state index in [0.29, 0.717) is 0 Å². The Labute approximate surface area is 107 Å². The highest BCUT2D eigenvalue weighted by atomic mass is 16.4. The molecule has 5 heteroatoms. The van der Waals surface area contributed by atoms with E-state index in [0.717, 1.165) is 11.3 Å². The zero-order valence-corrected chi connectivity index (χ0v) is 11.0. The minimum absolute atomic E-state index is 0.348. The van der Waals surface area contributed by atoms with E-state index >= 15 is 0 Å². The molecule has 1 aromatic carbocycles. The summed E-state index contributed by atoms with van der Waals surface area (Å²) in [6.07, 6.45) is 0. The molecule has 0 aliphatic rings. The first-order valence-electron chi connectivity index (χ1n) is 5.65. The van der Waals surface area contributed by atoms with Gasteiger partial charge in [-0.25, -0.2) is 9.59 Å². The highest BCUT2D eigenvalue weighted by molar-refractivity contribution is 5.94. The van der Waals surface area contributed by atoms with Crippen LogP contribution in [0.1, 0.15) is 12.5 Å². The van der Waals surface area contributed by atoms with Crippen LogP contribution in [0.3, 0.4) is 0 Å². The van der Waals surface area contributed by atoms with E-state index < -0.39 is 12.0 Å². The molecule has 1 aromatic rings. The number of aliphatic carboxylic acids is 1. The van der Waals surface area contributed by atoms with E-state index in [1.54, 1.807) is 7.05 Å². The van der Waals surface area contributed by atoms with Crippen molar-refractivity contribution in [1.29, 1.82) is 0 Å². The predicted octanol–water partition coefficient (Wildman–Crippen LogP) is 1.96. The molecule has 0 aromatic heterocycles. The number of anilines is 1. The molecule has 0 saturated carbocycles. The van der Waals surface area contributed by atoms with Gasteiger partial charge in [0.15, 0.2) is 0 Å². The molecule has 18 heavy (non-hydrogen) atoms. The SMILES string of the molecule is Cc1ccccc1N(C)C(=O)N(C)C(C)C(=O)O. The van der Waals surface area contributed by atoms with Gasteiger partial charge in [0.05, 0.1) is 0 Å². The number of hydrogen-bond acceptors (Lipinski definition) is 2. The first-order valence-corrected chi connectivity index (χ1v) is 5.65. The third-order valence-corrected chi connectivity index (χ3v) is 3.00. The maximum atomic E-state index is 12.1. The summed E-state index contributed by atoms with van der Waals surface area (Å²) < 4.78 is 0. The van der Waals surface area contributed by atoms with Crippen LogP contribution in [0.2, 0.25) is 0 Å². The molecule has 0 bridgehead atoms. The van der Waals surface area contributed by atoms with Crippen LogP contribution in [-0.4, -0.2) is 42.1 Å². The zero-order valence-electron chi connectivity index (χ0n) is 11.0. The lowest BCUT2D eigenvalue weighted by molar-refractivity contribution is -0.141. The van der Waals surface area contributed by atoms with Gasteiger partial charge in [-0.3, -0.25) is 4.90 Å². The maximum absolute atomic E-state index is 12.1. The van der Waals surface area contributed by atoms with Gasteiger partial charge in [-0.1, -0.05) is 18.2 Å². The van der Waals surface area contributed by atoms with Crippen LogP contribution >= 0.6 is 0 Å². The van der Waals surface area contributed by atoms with Crippen molar-refractivity contribution in [3.05, 3.63) is 29.8 Å². The van der Waals surface area contributed by atoms with E-state index in [-0.39, 0.29) is 6.03 Å². The van der Waals surface area contributed by atoms with Crippen LogP contribution in [0.5, 0.6) is 0 Å². The molecule has 5 nitrogen and oxygen atoms in total. The van der Waals surface area contributed by atoms with Gasteiger partial charge in [0.1, 0.15) is 6.04 Å². The number of hydrogen-bond donors (Lipinski definition) is 1. The average molecular weight is 250 g/mol.